The number of hydrogen-bond acceptors (Lipinski definition) is 2. The molecule has 4 heteroatoms. The van der Waals surface area contributed by atoms with Crippen molar-refractivity contribution in [1.29, 1.82) is 0 Å². The number of hydrogen-bond donors (Lipinski definition) is 2. The molecule has 0 atom stereocenters. The highest BCUT2D eigenvalue weighted by Crippen LogP contribution is 2.11. The molecule has 104 valence electrons. The van der Waals surface area contributed by atoms with Gasteiger partial charge >= 0.3 is 6.03 Å². The number of amides is 2. The smallest absolute Gasteiger partial charge is 0.314 e. The number of nitrogens with zero attached hydrogens (tertiary/aromatic N) is 1. The molecule has 0 saturated carbocycles. The van der Waals surface area contributed by atoms with E-state index in [2.05, 4.69) is 40.7 Å². The van der Waals surface area contributed by atoms with Gasteiger partial charge in [0.25, 0.3) is 0 Å². The van der Waals surface area contributed by atoms with Crippen molar-refractivity contribution in [3.63, 3.8) is 0 Å². The summed E-state index contributed by atoms with van der Waals surface area (Å²) in [7, 11) is 1.61. The number of pyridine rings is 1. The van der Waals surface area contributed by atoms with Crippen LogP contribution in [0.25, 0.3) is 0 Å². The third kappa shape index (κ3) is 4.09. The van der Waals surface area contributed by atoms with Crippen molar-refractivity contribution in [3.05, 3.63) is 65.0 Å². The molecule has 0 radical (unpaired) electrons. The molecule has 1 aromatic carbocycles. The van der Waals surface area contributed by atoms with Crippen molar-refractivity contribution < 1.29 is 4.79 Å². The first-order valence-corrected chi connectivity index (χ1v) is 6.62. The second-order valence-electron chi connectivity index (χ2n) is 4.75. The molecule has 0 aliphatic heterocycles. The van der Waals surface area contributed by atoms with Gasteiger partial charge in [0, 0.05) is 31.9 Å². The second kappa shape index (κ2) is 6.70. The van der Waals surface area contributed by atoms with Gasteiger partial charge < -0.3 is 10.6 Å². The van der Waals surface area contributed by atoms with Gasteiger partial charge in [-0.25, -0.2) is 4.79 Å². The van der Waals surface area contributed by atoms with E-state index in [4.69, 9.17) is 0 Å². The number of carbonyl (C=O) groups excluding carboxylic acids is 1. The fourth-order valence-corrected chi connectivity index (χ4v) is 2.02. The Labute approximate surface area is 119 Å². The van der Waals surface area contributed by atoms with Crippen molar-refractivity contribution in [1.82, 2.24) is 15.6 Å². The van der Waals surface area contributed by atoms with Crippen LogP contribution in [0.1, 0.15) is 22.4 Å². The monoisotopic (exact) mass is 269 g/mol. The van der Waals surface area contributed by atoms with E-state index in [0.29, 0.717) is 6.54 Å². The predicted molar refractivity (Wildman–Crippen MR) is 79.5 cm³/mol. The predicted octanol–water partition coefficient (Wildman–Crippen LogP) is 2.41. The fraction of sp³-hybridized carbons (Fsp3) is 0.250. The van der Waals surface area contributed by atoms with Crippen molar-refractivity contribution in [3.8, 4) is 0 Å². The Morgan fingerprint density at radius 3 is 2.75 bits per heavy atom. The molecule has 0 spiro atoms. The van der Waals surface area contributed by atoms with E-state index in [0.717, 1.165) is 17.7 Å². The van der Waals surface area contributed by atoms with Crippen LogP contribution in [0.4, 0.5) is 4.79 Å². The van der Waals surface area contributed by atoms with Gasteiger partial charge in [-0.2, -0.15) is 0 Å². The summed E-state index contributed by atoms with van der Waals surface area (Å²) in [5, 5.41) is 5.32. The van der Waals surface area contributed by atoms with E-state index in [1.165, 1.54) is 11.1 Å². The highest BCUT2D eigenvalue weighted by atomic mass is 16.2. The Morgan fingerprint density at radius 1 is 1.20 bits per heavy atom. The molecule has 0 unspecified atom stereocenters. The molecule has 2 N–H and O–H groups in total. The van der Waals surface area contributed by atoms with Gasteiger partial charge in [0.15, 0.2) is 0 Å². The molecule has 4 nitrogen and oxygen atoms in total. The topological polar surface area (TPSA) is 54.0 Å². The molecule has 0 fully saturated rings. The Hall–Kier alpha value is -2.36. The fourth-order valence-electron chi connectivity index (χ4n) is 2.02. The SMILES string of the molecule is CNC(=O)NCc1cccc(Cc2cc(C)ccn2)c1. The third-order valence-electron chi connectivity index (χ3n) is 3.03. The summed E-state index contributed by atoms with van der Waals surface area (Å²) in [5.74, 6) is 0. The Kier molecular flexibility index (Phi) is 4.71. The zero-order valence-corrected chi connectivity index (χ0v) is 11.8. The average Bonchev–Trinajstić information content (AvgIpc) is 2.45. The largest absolute Gasteiger partial charge is 0.341 e. The lowest BCUT2D eigenvalue weighted by Gasteiger charge is -2.07. The number of aromatic nitrogens is 1. The van der Waals surface area contributed by atoms with E-state index >= 15 is 0 Å². The van der Waals surface area contributed by atoms with Gasteiger partial charge in [-0.05, 0) is 35.7 Å². The number of carbonyl (C=O) groups is 1. The van der Waals surface area contributed by atoms with E-state index < -0.39 is 0 Å². The Bertz CT molecular complexity index is 596. The molecule has 0 aliphatic rings. The lowest BCUT2D eigenvalue weighted by atomic mass is 10.1. The molecule has 20 heavy (non-hydrogen) atoms. The zero-order chi connectivity index (χ0) is 14.4. The number of benzene rings is 1. The minimum atomic E-state index is -0.171. The molecular weight excluding hydrogens is 250 g/mol. The van der Waals surface area contributed by atoms with Crippen LogP contribution in [-0.4, -0.2) is 18.1 Å². The van der Waals surface area contributed by atoms with Crippen molar-refractivity contribution in [2.24, 2.45) is 0 Å². The molecule has 0 saturated heterocycles. The molecule has 1 aromatic heterocycles. The van der Waals surface area contributed by atoms with Crippen LogP contribution < -0.4 is 10.6 Å². The minimum absolute atomic E-state index is 0.171. The molecule has 1 heterocycles. The van der Waals surface area contributed by atoms with Gasteiger partial charge in [-0.3, -0.25) is 4.98 Å². The maximum atomic E-state index is 11.2. The molecular formula is C16H19N3O. The summed E-state index contributed by atoms with van der Waals surface area (Å²) in [6.07, 6.45) is 2.64. The van der Waals surface area contributed by atoms with Gasteiger partial charge in [-0.1, -0.05) is 24.3 Å². The van der Waals surface area contributed by atoms with Crippen molar-refractivity contribution >= 4 is 6.03 Å². The summed E-state index contributed by atoms with van der Waals surface area (Å²) in [6.45, 7) is 2.59. The summed E-state index contributed by atoms with van der Waals surface area (Å²) in [6, 6.07) is 12.1. The van der Waals surface area contributed by atoms with Crippen LogP contribution in [0.3, 0.4) is 0 Å². The number of aryl methyl sites for hydroxylation is 1. The van der Waals surface area contributed by atoms with E-state index in [1.807, 2.05) is 24.4 Å². The van der Waals surface area contributed by atoms with Gasteiger partial charge in [0.05, 0.1) is 0 Å². The van der Waals surface area contributed by atoms with E-state index in [1.54, 1.807) is 7.05 Å². The lowest BCUT2D eigenvalue weighted by Crippen LogP contribution is -2.32. The number of rotatable bonds is 4. The van der Waals surface area contributed by atoms with Gasteiger partial charge in [-0.15, -0.1) is 0 Å². The highest BCUT2D eigenvalue weighted by molar-refractivity contribution is 5.73. The summed E-state index contributed by atoms with van der Waals surface area (Å²) in [5.41, 5.74) is 4.55. The first-order valence-electron chi connectivity index (χ1n) is 6.62. The van der Waals surface area contributed by atoms with Crippen molar-refractivity contribution in [2.75, 3.05) is 7.05 Å². The van der Waals surface area contributed by atoms with Crippen LogP contribution in [0, 0.1) is 6.92 Å². The summed E-state index contributed by atoms with van der Waals surface area (Å²) >= 11 is 0. The van der Waals surface area contributed by atoms with Crippen LogP contribution in [0.15, 0.2) is 42.6 Å². The summed E-state index contributed by atoms with van der Waals surface area (Å²) in [4.78, 5) is 15.5. The first kappa shape index (κ1) is 14.1. The molecule has 2 rings (SSSR count). The van der Waals surface area contributed by atoms with Crippen LogP contribution in [-0.2, 0) is 13.0 Å². The zero-order valence-electron chi connectivity index (χ0n) is 11.8. The first-order chi connectivity index (χ1) is 9.67. The highest BCUT2D eigenvalue weighted by Gasteiger charge is 2.01. The lowest BCUT2D eigenvalue weighted by molar-refractivity contribution is 0.242. The van der Waals surface area contributed by atoms with Crippen LogP contribution >= 0.6 is 0 Å². The average molecular weight is 269 g/mol. The third-order valence-corrected chi connectivity index (χ3v) is 3.03. The second-order valence-corrected chi connectivity index (χ2v) is 4.75. The van der Waals surface area contributed by atoms with Gasteiger partial charge in [0.2, 0.25) is 0 Å². The maximum absolute atomic E-state index is 11.2. The maximum Gasteiger partial charge on any atom is 0.314 e. The number of nitrogens with one attached hydrogen (secondary N) is 2. The standard InChI is InChI=1S/C16H19N3O/c1-12-6-7-18-15(8-12)10-13-4-3-5-14(9-13)11-19-16(20)17-2/h3-9H,10-11H2,1-2H3,(H2,17,19,20). The van der Waals surface area contributed by atoms with Gasteiger partial charge in [0.1, 0.15) is 0 Å². The van der Waals surface area contributed by atoms with E-state index in [9.17, 15) is 4.79 Å². The quantitative estimate of drug-likeness (QED) is 0.895. The Morgan fingerprint density at radius 2 is 2.00 bits per heavy atom. The van der Waals surface area contributed by atoms with Crippen LogP contribution in [0.2, 0.25) is 0 Å². The normalized spacial score (nSPS) is 10.1. The summed E-state index contributed by atoms with van der Waals surface area (Å²) < 4.78 is 0. The molecule has 2 amide bonds. The van der Waals surface area contributed by atoms with Crippen molar-refractivity contribution in [2.45, 2.75) is 19.9 Å². The van der Waals surface area contributed by atoms with Crippen LogP contribution in [0.5, 0.6) is 0 Å². The number of urea groups is 1. The minimum Gasteiger partial charge on any atom is -0.341 e. The van der Waals surface area contributed by atoms with E-state index in [-0.39, 0.29) is 6.03 Å². The molecule has 0 bridgehead atoms. The molecule has 2 aromatic rings. The Balaban J connectivity index is 2.04. The molecule has 0 aliphatic carbocycles.